The van der Waals surface area contributed by atoms with Crippen molar-refractivity contribution in [1.29, 1.82) is 0 Å². The summed E-state index contributed by atoms with van der Waals surface area (Å²) >= 11 is 1.57. The Morgan fingerprint density at radius 2 is 2.00 bits per heavy atom. The second-order valence-corrected chi connectivity index (χ2v) is 8.42. The van der Waals surface area contributed by atoms with Gasteiger partial charge < -0.3 is 9.88 Å². The number of hydrogen-bond donors (Lipinski definition) is 1. The number of aromatic nitrogens is 2. The number of piperidine rings is 1. The molecule has 1 aliphatic heterocycles. The molecular weight excluding hydrogens is 411 g/mol. The van der Waals surface area contributed by atoms with E-state index in [1.807, 2.05) is 0 Å². The van der Waals surface area contributed by atoms with Gasteiger partial charge in [-0.05, 0) is 49.1 Å². The van der Waals surface area contributed by atoms with E-state index in [4.69, 9.17) is 0 Å². The number of nitrogens with one attached hydrogen (secondary N) is 1. The lowest BCUT2D eigenvalue weighted by Gasteiger charge is -2.21. The van der Waals surface area contributed by atoms with Crippen LogP contribution in [0.15, 0.2) is 46.3 Å². The molecule has 1 aromatic carbocycles. The maximum absolute atomic E-state index is 12.7. The standard InChI is InChI=1S/C19H20F3N3OS.ClH/c20-19(21,22)14-4-2-13(3-5-14)18-10-15(18)11-25(12-18)8-1-9-27-16-6-7-23-17(26)24-16;/h2-7,15H,1,8-12H2,(H,23,24,26);1H/t15-,18+;/m0./s1. The van der Waals surface area contributed by atoms with Crippen molar-refractivity contribution in [2.45, 2.75) is 29.5 Å². The van der Waals surface area contributed by atoms with Crippen LogP contribution in [0.5, 0.6) is 0 Å². The first-order valence-electron chi connectivity index (χ1n) is 8.95. The van der Waals surface area contributed by atoms with Gasteiger partial charge in [-0.2, -0.15) is 18.2 Å². The highest BCUT2D eigenvalue weighted by Crippen LogP contribution is 2.59. The molecule has 0 radical (unpaired) electrons. The normalized spacial score (nSPS) is 23.9. The number of alkyl halides is 3. The Morgan fingerprint density at radius 3 is 2.68 bits per heavy atom. The lowest BCUT2D eigenvalue weighted by Crippen LogP contribution is -2.28. The third kappa shape index (κ3) is 4.39. The van der Waals surface area contributed by atoms with Gasteiger partial charge in [0, 0.05) is 30.5 Å². The topological polar surface area (TPSA) is 49.0 Å². The van der Waals surface area contributed by atoms with Gasteiger partial charge >= 0.3 is 11.9 Å². The van der Waals surface area contributed by atoms with Gasteiger partial charge in [0.1, 0.15) is 5.03 Å². The van der Waals surface area contributed by atoms with Crippen molar-refractivity contribution in [2.75, 3.05) is 25.4 Å². The molecule has 0 unspecified atom stereocenters. The van der Waals surface area contributed by atoms with Crippen molar-refractivity contribution in [2.24, 2.45) is 5.92 Å². The predicted molar refractivity (Wildman–Crippen MR) is 105 cm³/mol. The predicted octanol–water partition coefficient (Wildman–Crippen LogP) is 3.97. The number of nitrogens with zero attached hydrogens (tertiary/aromatic N) is 2. The molecule has 1 aliphatic carbocycles. The van der Waals surface area contributed by atoms with Crippen LogP contribution in [0.2, 0.25) is 0 Å². The molecule has 152 valence electrons. The molecule has 1 saturated heterocycles. The number of hydrogen-bond acceptors (Lipinski definition) is 4. The van der Waals surface area contributed by atoms with E-state index in [-0.39, 0.29) is 23.5 Å². The molecule has 4 rings (SSSR count). The fraction of sp³-hybridized carbons (Fsp3) is 0.474. The number of halogens is 4. The van der Waals surface area contributed by atoms with Crippen molar-refractivity contribution in [3.05, 3.63) is 58.1 Å². The first-order valence-corrected chi connectivity index (χ1v) is 9.94. The van der Waals surface area contributed by atoms with Crippen LogP contribution < -0.4 is 5.69 Å². The summed E-state index contributed by atoms with van der Waals surface area (Å²) in [4.78, 5) is 20.0. The van der Waals surface area contributed by atoms with Crippen LogP contribution in [0, 0.1) is 5.92 Å². The largest absolute Gasteiger partial charge is 0.416 e. The Kier molecular flexibility index (Phi) is 6.12. The molecule has 0 bridgehead atoms. The average molecular weight is 432 g/mol. The minimum atomic E-state index is -4.28. The summed E-state index contributed by atoms with van der Waals surface area (Å²) < 4.78 is 38.2. The Hall–Kier alpha value is -1.51. The Labute approximate surface area is 171 Å². The van der Waals surface area contributed by atoms with Crippen LogP contribution >= 0.6 is 24.2 Å². The van der Waals surface area contributed by atoms with E-state index in [1.165, 1.54) is 12.1 Å². The van der Waals surface area contributed by atoms with Crippen LogP contribution in [0.3, 0.4) is 0 Å². The van der Waals surface area contributed by atoms with E-state index in [0.29, 0.717) is 5.92 Å². The molecule has 2 aliphatic rings. The Balaban J connectivity index is 0.00000225. The second kappa shape index (κ2) is 8.08. The smallest absolute Gasteiger partial charge is 0.313 e. The zero-order chi connectivity index (χ0) is 19.1. The number of fused-ring (bicyclic) bond motifs is 1. The lowest BCUT2D eigenvalue weighted by molar-refractivity contribution is -0.137. The van der Waals surface area contributed by atoms with E-state index < -0.39 is 11.7 Å². The van der Waals surface area contributed by atoms with Gasteiger partial charge in [0.15, 0.2) is 0 Å². The van der Waals surface area contributed by atoms with E-state index in [2.05, 4.69) is 14.9 Å². The Bertz CT molecular complexity index is 874. The molecule has 0 amide bonds. The van der Waals surface area contributed by atoms with Crippen molar-refractivity contribution in [3.63, 3.8) is 0 Å². The van der Waals surface area contributed by atoms with Crippen LogP contribution in [0.4, 0.5) is 13.2 Å². The third-order valence-corrected chi connectivity index (χ3v) is 6.53. The summed E-state index contributed by atoms with van der Waals surface area (Å²) in [6.45, 7) is 2.88. The quantitative estimate of drug-likeness (QED) is 0.427. The van der Waals surface area contributed by atoms with E-state index in [9.17, 15) is 18.0 Å². The van der Waals surface area contributed by atoms with Gasteiger partial charge in [-0.1, -0.05) is 12.1 Å². The van der Waals surface area contributed by atoms with Crippen LogP contribution in [0.25, 0.3) is 0 Å². The molecule has 1 aromatic heterocycles. The number of aromatic amines is 1. The molecular formula is C19H21ClF3N3OS. The van der Waals surface area contributed by atoms with Crippen molar-refractivity contribution >= 4 is 24.2 Å². The van der Waals surface area contributed by atoms with Crippen molar-refractivity contribution in [1.82, 2.24) is 14.9 Å². The second-order valence-electron chi connectivity index (χ2n) is 7.30. The highest BCUT2D eigenvalue weighted by Gasteiger charge is 2.60. The average Bonchev–Trinajstić information content (AvgIpc) is 3.20. The molecule has 28 heavy (non-hydrogen) atoms. The van der Waals surface area contributed by atoms with E-state index in [1.54, 1.807) is 36.2 Å². The fourth-order valence-corrected chi connectivity index (χ4v) is 4.89. The Morgan fingerprint density at radius 1 is 1.25 bits per heavy atom. The minimum Gasteiger partial charge on any atom is -0.313 e. The summed E-state index contributed by atoms with van der Waals surface area (Å²) in [6, 6.07) is 7.50. The molecule has 1 N–H and O–H groups in total. The van der Waals surface area contributed by atoms with Gasteiger partial charge in [-0.3, -0.25) is 0 Å². The van der Waals surface area contributed by atoms with Crippen LogP contribution in [-0.2, 0) is 11.6 Å². The highest BCUT2D eigenvalue weighted by molar-refractivity contribution is 7.99. The van der Waals surface area contributed by atoms with Crippen LogP contribution in [0.1, 0.15) is 24.0 Å². The highest BCUT2D eigenvalue weighted by atomic mass is 35.5. The van der Waals surface area contributed by atoms with Crippen molar-refractivity contribution < 1.29 is 13.2 Å². The zero-order valence-electron chi connectivity index (χ0n) is 15.0. The molecule has 0 spiro atoms. The number of H-pyrrole nitrogens is 1. The molecule has 9 heteroatoms. The number of likely N-dealkylation sites (tertiary alicyclic amines) is 1. The van der Waals surface area contributed by atoms with E-state index in [0.717, 1.165) is 48.8 Å². The molecule has 2 atom stereocenters. The molecule has 2 aromatic rings. The summed E-state index contributed by atoms with van der Waals surface area (Å²) in [5, 5.41) is 0.726. The minimum absolute atomic E-state index is 0. The molecule has 2 heterocycles. The maximum Gasteiger partial charge on any atom is 0.416 e. The summed E-state index contributed by atoms with van der Waals surface area (Å²) in [5.41, 5.74) is 0.161. The number of rotatable bonds is 6. The van der Waals surface area contributed by atoms with Crippen LogP contribution in [-0.4, -0.2) is 40.3 Å². The summed E-state index contributed by atoms with van der Waals surface area (Å²) in [7, 11) is 0. The number of thioether (sulfide) groups is 1. The van der Waals surface area contributed by atoms with Crippen molar-refractivity contribution in [3.8, 4) is 0 Å². The monoisotopic (exact) mass is 431 g/mol. The zero-order valence-corrected chi connectivity index (χ0v) is 16.7. The number of benzene rings is 1. The maximum atomic E-state index is 12.7. The first kappa shape index (κ1) is 21.2. The van der Waals surface area contributed by atoms with Gasteiger partial charge in [0.25, 0.3) is 0 Å². The summed E-state index contributed by atoms with van der Waals surface area (Å²) in [6.07, 6.45) is -0.633. The lowest BCUT2D eigenvalue weighted by atomic mass is 9.94. The molecule has 1 saturated carbocycles. The third-order valence-electron chi connectivity index (χ3n) is 5.52. The molecule has 4 nitrogen and oxygen atoms in total. The fourth-order valence-electron chi connectivity index (χ4n) is 4.09. The summed E-state index contributed by atoms with van der Waals surface area (Å²) in [5.74, 6) is 1.43. The van der Waals surface area contributed by atoms with Gasteiger partial charge in [-0.25, -0.2) is 4.79 Å². The SMILES string of the molecule is Cl.O=c1nc(SCCCN2C[C@@H]3C[C@]3(c3ccc(C(F)(F)F)cc3)C2)cc[nH]1. The van der Waals surface area contributed by atoms with E-state index >= 15 is 0 Å². The van der Waals surface area contributed by atoms with Gasteiger partial charge in [-0.15, -0.1) is 24.2 Å². The van der Waals surface area contributed by atoms with Gasteiger partial charge in [0.05, 0.1) is 5.56 Å². The first-order chi connectivity index (χ1) is 12.9. The molecule has 2 fully saturated rings. The van der Waals surface area contributed by atoms with Gasteiger partial charge in [0.2, 0.25) is 0 Å².